The molecule has 0 spiro atoms. The zero-order chi connectivity index (χ0) is 22.2. The first-order chi connectivity index (χ1) is 14.7. The van der Waals surface area contributed by atoms with Crippen LogP contribution in [-0.4, -0.2) is 15.9 Å². The maximum absolute atomic E-state index is 13.4. The standard InChI is InChI=1S/C23H18F3N3OS/c1-14-9-15(2)20-19(10-14)31-22(28-20)29(13-16-5-4-8-27-12-16)21(30)17-6-3-7-18(11-17)23(24,25)26/h3-12H,13H2,1-2H3. The van der Waals surface area contributed by atoms with E-state index in [1.807, 2.05) is 32.0 Å². The number of pyridine rings is 1. The van der Waals surface area contributed by atoms with Crippen molar-refractivity contribution in [2.24, 2.45) is 0 Å². The predicted molar refractivity (Wildman–Crippen MR) is 115 cm³/mol. The molecule has 0 radical (unpaired) electrons. The quantitative estimate of drug-likeness (QED) is 0.380. The maximum atomic E-state index is 13.4. The number of fused-ring (bicyclic) bond motifs is 1. The van der Waals surface area contributed by atoms with Crippen molar-refractivity contribution in [2.45, 2.75) is 26.6 Å². The SMILES string of the molecule is Cc1cc(C)c2nc(N(Cc3cccnc3)C(=O)c3cccc(C(F)(F)F)c3)sc2c1. The summed E-state index contributed by atoms with van der Waals surface area (Å²) < 4.78 is 40.5. The number of aryl methyl sites for hydroxylation is 2. The number of nitrogens with zero attached hydrogens (tertiary/aromatic N) is 3. The Morgan fingerprint density at radius 2 is 1.90 bits per heavy atom. The number of thiazole rings is 1. The summed E-state index contributed by atoms with van der Waals surface area (Å²) >= 11 is 1.34. The van der Waals surface area contributed by atoms with E-state index in [-0.39, 0.29) is 12.1 Å². The molecule has 0 aliphatic rings. The Morgan fingerprint density at radius 1 is 1.10 bits per heavy atom. The lowest BCUT2D eigenvalue weighted by atomic mass is 10.1. The number of hydrogen-bond acceptors (Lipinski definition) is 4. The molecule has 0 aliphatic heterocycles. The highest BCUT2D eigenvalue weighted by molar-refractivity contribution is 7.22. The molecule has 4 rings (SSSR count). The van der Waals surface area contributed by atoms with Gasteiger partial charge in [0.2, 0.25) is 0 Å². The van der Waals surface area contributed by atoms with Gasteiger partial charge in [-0.1, -0.05) is 29.5 Å². The lowest BCUT2D eigenvalue weighted by molar-refractivity contribution is -0.137. The number of rotatable bonds is 4. The third kappa shape index (κ3) is 4.44. The molecule has 4 aromatic rings. The molecule has 158 valence electrons. The van der Waals surface area contributed by atoms with Crippen molar-refractivity contribution < 1.29 is 18.0 Å². The molecule has 0 fully saturated rings. The molecule has 1 amide bonds. The number of benzene rings is 2. The summed E-state index contributed by atoms with van der Waals surface area (Å²) in [5.41, 5.74) is 2.66. The van der Waals surface area contributed by atoms with Crippen LogP contribution in [0.15, 0.2) is 60.9 Å². The summed E-state index contributed by atoms with van der Waals surface area (Å²) in [5, 5.41) is 0.426. The van der Waals surface area contributed by atoms with Crippen LogP contribution in [0.25, 0.3) is 10.2 Å². The van der Waals surface area contributed by atoms with Crippen LogP contribution in [0.5, 0.6) is 0 Å². The molecule has 31 heavy (non-hydrogen) atoms. The Morgan fingerprint density at radius 3 is 2.61 bits per heavy atom. The molecular formula is C23H18F3N3OS. The van der Waals surface area contributed by atoms with Crippen molar-refractivity contribution in [2.75, 3.05) is 4.90 Å². The van der Waals surface area contributed by atoms with Gasteiger partial charge in [-0.2, -0.15) is 13.2 Å². The summed E-state index contributed by atoms with van der Waals surface area (Å²) in [5.74, 6) is -0.552. The summed E-state index contributed by atoms with van der Waals surface area (Å²) in [6.45, 7) is 4.06. The summed E-state index contributed by atoms with van der Waals surface area (Å²) in [4.78, 5) is 23.5. The van der Waals surface area contributed by atoms with E-state index in [9.17, 15) is 18.0 Å². The lowest BCUT2D eigenvalue weighted by Crippen LogP contribution is -2.30. The van der Waals surface area contributed by atoms with Crippen LogP contribution in [-0.2, 0) is 12.7 Å². The second-order valence-corrected chi connectivity index (χ2v) is 8.27. The van der Waals surface area contributed by atoms with E-state index in [1.54, 1.807) is 18.5 Å². The van der Waals surface area contributed by atoms with Gasteiger partial charge in [-0.15, -0.1) is 0 Å². The van der Waals surface area contributed by atoms with E-state index < -0.39 is 17.6 Å². The fourth-order valence-corrected chi connectivity index (χ4v) is 4.50. The van der Waals surface area contributed by atoms with Crippen molar-refractivity contribution in [1.82, 2.24) is 9.97 Å². The number of carbonyl (C=O) groups excluding carboxylic acids is 1. The highest BCUT2D eigenvalue weighted by Gasteiger charge is 2.32. The van der Waals surface area contributed by atoms with Crippen LogP contribution >= 0.6 is 11.3 Å². The minimum Gasteiger partial charge on any atom is -0.279 e. The Hall–Kier alpha value is -3.26. The van der Waals surface area contributed by atoms with Crippen molar-refractivity contribution >= 4 is 32.6 Å². The van der Waals surface area contributed by atoms with Gasteiger partial charge in [0.05, 0.1) is 22.3 Å². The van der Waals surface area contributed by atoms with Crippen LogP contribution in [0.2, 0.25) is 0 Å². The molecule has 0 saturated carbocycles. The predicted octanol–water partition coefficient (Wildman–Crippen LogP) is 6.17. The van der Waals surface area contributed by atoms with E-state index in [0.29, 0.717) is 5.13 Å². The fraction of sp³-hybridized carbons (Fsp3) is 0.174. The van der Waals surface area contributed by atoms with Crippen LogP contribution in [0.1, 0.15) is 32.6 Å². The van der Waals surface area contributed by atoms with Gasteiger partial charge in [0.15, 0.2) is 5.13 Å². The van der Waals surface area contributed by atoms with Crippen LogP contribution < -0.4 is 4.90 Å². The molecule has 4 nitrogen and oxygen atoms in total. The topological polar surface area (TPSA) is 46.1 Å². The van der Waals surface area contributed by atoms with Gasteiger partial charge in [0.1, 0.15) is 0 Å². The second-order valence-electron chi connectivity index (χ2n) is 7.26. The molecule has 2 aromatic heterocycles. The van der Waals surface area contributed by atoms with Gasteiger partial charge < -0.3 is 0 Å². The van der Waals surface area contributed by atoms with Gasteiger partial charge in [0, 0.05) is 18.0 Å². The Kier molecular flexibility index (Phi) is 5.49. The average Bonchev–Trinajstić information content (AvgIpc) is 3.16. The molecule has 0 atom stereocenters. The first kappa shape index (κ1) is 21.0. The van der Waals surface area contributed by atoms with Gasteiger partial charge in [0.25, 0.3) is 5.91 Å². The minimum absolute atomic E-state index is 0.0501. The molecule has 8 heteroatoms. The highest BCUT2D eigenvalue weighted by atomic mass is 32.1. The largest absolute Gasteiger partial charge is 0.416 e. The normalized spacial score (nSPS) is 11.6. The van der Waals surface area contributed by atoms with E-state index >= 15 is 0 Å². The summed E-state index contributed by atoms with van der Waals surface area (Å²) in [6, 6.07) is 12.0. The minimum atomic E-state index is -4.53. The Balaban J connectivity index is 1.80. The second kappa shape index (κ2) is 8.11. The molecule has 0 unspecified atom stereocenters. The van der Waals surface area contributed by atoms with Gasteiger partial charge in [-0.3, -0.25) is 14.7 Å². The van der Waals surface area contributed by atoms with E-state index in [2.05, 4.69) is 9.97 Å². The van der Waals surface area contributed by atoms with Gasteiger partial charge in [-0.25, -0.2) is 4.98 Å². The number of amides is 1. The lowest BCUT2D eigenvalue weighted by Gasteiger charge is -2.20. The molecule has 0 aliphatic carbocycles. The van der Waals surface area contributed by atoms with Crippen molar-refractivity contribution in [3.8, 4) is 0 Å². The van der Waals surface area contributed by atoms with Crippen molar-refractivity contribution in [1.29, 1.82) is 0 Å². The Bertz CT molecular complexity index is 1250. The van der Waals surface area contributed by atoms with Gasteiger partial charge in [-0.05, 0) is 60.9 Å². The first-order valence-electron chi connectivity index (χ1n) is 9.48. The smallest absolute Gasteiger partial charge is 0.279 e. The van der Waals surface area contributed by atoms with Crippen molar-refractivity contribution in [3.63, 3.8) is 0 Å². The molecule has 0 N–H and O–H groups in total. The fourth-order valence-electron chi connectivity index (χ4n) is 3.36. The van der Waals surface area contributed by atoms with E-state index in [0.717, 1.165) is 39.0 Å². The number of halogens is 3. The third-order valence-electron chi connectivity index (χ3n) is 4.79. The number of aromatic nitrogens is 2. The van der Waals surface area contributed by atoms with E-state index in [4.69, 9.17) is 0 Å². The third-order valence-corrected chi connectivity index (χ3v) is 5.82. The number of alkyl halides is 3. The highest BCUT2D eigenvalue weighted by Crippen LogP contribution is 2.34. The van der Waals surface area contributed by atoms with Crippen LogP contribution in [0.4, 0.5) is 18.3 Å². The number of hydrogen-bond donors (Lipinski definition) is 0. The molecular weight excluding hydrogens is 423 g/mol. The first-order valence-corrected chi connectivity index (χ1v) is 10.3. The van der Waals surface area contributed by atoms with Crippen LogP contribution in [0.3, 0.4) is 0 Å². The van der Waals surface area contributed by atoms with E-state index in [1.165, 1.54) is 28.4 Å². The zero-order valence-corrected chi connectivity index (χ0v) is 17.6. The summed E-state index contributed by atoms with van der Waals surface area (Å²) in [6.07, 6.45) is -1.30. The molecule has 2 heterocycles. The van der Waals surface area contributed by atoms with Gasteiger partial charge >= 0.3 is 6.18 Å². The average molecular weight is 441 g/mol. The zero-order valence-electron chi connectivity index (χ0n) is 16.8. The summed E-state index contributed by atoms with van der Waals surface area (Å²) in [7, 11) is 0. The molecule has 0 saturated heterocycles. The Labute approximate surface area is 181 Å². The number of carbonyl (C=O) groups is 1. The maximum Gasteiger partial charge on any atom is 0.416 e. The monoisotopic (exact) mass is 441 g/mol. The number of anilines is 1. The molecule has 0 bridgehead atoms. The van der Waals surface area contributed by atoms with Crippen molar-refractivity contribution in [3.05, 3.63) is 88.7 Å². The van der Waals surface area contributed by atoms with Crippen LogP contribution in [0, 0.1) is 13.8 Å². The molecule has 2 aromatic carbocycles.